The lowest BCUT2D eigenvalue weighted by Crippen LogP contribution is -2.12. The Balaban J connectivity index is 1.55. The lowest BCUT2D eigenvalue weighted by atomic mass is 9.84. The minimum Gasteiger partial charge on any atom is -0.118 e. The van der Waals surface area contributed by atoms with Gasteiger partial charge in [-0.2, -0.15) is 0 Å². The summed E-state index contributed by atoms with van der Waals surface area (Å²) in [6.45, 7) is 2.25. The minimum absolute atomic E-state index is 0.222. The average molecular weight is 291 g/mol. The van der Waals surface area contributed by atoms with Gasteiger partial charge in [0.25, 0.3) is 0 Å². The fourth-order valence-electron chi connectivity index (χ4n) is 4.34. The Hall–Kier alpha value is -0.490. The van der Waals surface area contributed by atoms with Gasteiger partial charge in [0.2, 0.25) is 0 Å². The molecule has 2 saturated carbocycles. The Bertz CT molecular complexity index is 422. The molecular formula is C19H27Cl. The molecule has 1 heteroatoms. The normalized spacial score (nSPS) is 29.8. The Kier molecular flexibility index (Phi) is 4.71. The molecule has 2 fully saturated rings. The van der Waals surface area contributed by atoms with E-state index < -0.39 is 0 Å². The third-order valence-electron chi connectivity index (χ3n) is 5.55. The molecule has 0 nitrogen and oxygen atoms in total. The Morgan fingerprint density at radius 2 is 1.95 bits per heavy atom. The zero-order chi connectivity index (χ0) is 13.9. The van der Waals surface area contributed by atoms with Crippen molar-refractivity contribution >= 4 is 11.6 Å². The number of halogens is 1. The largest absolute Gasteiger partial charge is 0.118 e. The average Bonchev–Trinajstić information content (AvgIpc) is 3.08. The van der Waals surface area contributed by atoms with Crippen molar-refractivity contribution in [2.45, 2.75) is 63.7 Å². The van der Waals surface area contributed by atoms with Crippen LogP contribution in [0.2, 0.25) is 0 Å². The zero-order valence-electron chi connectivity index (χ0n) is 12.7. The van der Waals surface area contributed by atoms with Gasteiger partial charge in [-0.3, -0.25) is 0 Å². The fraction of sp³-hybridized carbons (Fsp3) is 0.684. The number of aryl methyl sites for hydroxylation is 1. The van der Waals surface area contributed by atoms with Crippen LogP contribution in [0.5, 0.6) is 0 Å². The highest BCUT2D eigenvalue weighted by molar-refractivity contribution is 6.20. The van der Waals surface area contributed by atoms with Crippen LogP contribution in [-0.2, 0) is 6.42 Å². The number of hydrogen-bond acceptors (Lipinski definition) is 0. The van der Waals surface area contributed by atoms with E-state index in [1.165, 1.54) is 62.5 Å². The summed E-state index contributed by atoms with van der Waals surface area (Å²) in [4.78, 5) is 0. The lowest BCUT2D eigenvalue weighted by Gasteiger charge is -2.24. The smallest absolute Gasteiger partial charge is 0.0588 e. The Labute approximate surface area is 128 Å². The van der Waals surface area contributed by atoms with E-state index in [1.807, 2.05) is 0 Å². The van der Waals surface area contributed by atoms with Crippen molar-refractivity contribution in [3.8, 4) is 0 Å². The molecule has 0 heterocycles. The first-order valence-electron chi connectivity index (χ1n) is 8.49. The molecule has 0 aromatic heterocycles. The quantitative estimate of drug-likeness (QED) is 0.552. The number of rotatable bonds is 6. The molecule has 0 amide bonds. The van der Waals surface area contributed by atoms with E-state index in [0.29, 0.717) is 0 Å². The van der Waals surface area contributed by atoms with E-state index in [9.17, 15) is 0 Å². The van der Waals surface area contributed by atoms with Gasteiger partial charge in [0.15, 0.2) is 0 Å². The second kappa shape index (κ2) is 6.52. The van der Waals surface area contributed by atoms with Crippen molar-refractivity contribution in [1.29, 1.82) is 0 Å². The molecule has 2 bridgehead atoms. The maximum Gasteiger partial charge on any atom is 0.0588 e. The SMILES string of the molecule is CCCCc1ccc(C(Cl)CC2CC3CCC2C3)cc1. The van der Waals surface area contributed by atoms with Gasteiger partial charge in [0, 0.05) is 0 Å². The number of fused-ring (bicyclic) bond motifs is 2. The maximum absolute atomic E-state index is 6.68. The van der Waals surface area contributed by atoms with Crippen molar-refractivity contribution in [1.82, 2.24) is 0 Å². The van der Waals surface area contributed by atoms with Crippen molar-refractivity contribution in [2.75, 3.05) is 0 Å². The second-order valence-corrected chi connectivity index (χ2v) is 7.51. The highest BCUT2D eigenvalue weighted by atomic mass is 35.5. The second-order valence-electron chi connectivity index (χ2n) is 6.98. The van der Waals surface area contributed by atoms with Crippen LogP contribution in [0.3, 0.4) is 0 Å². The van der Waals surface area contributed by atoms with E-state index in [-0.39, 0.29) is 5.38 Å². The molecule has 1 aromatic carbocycles. The van der Waals surface area contributed by atoms with Gasteiger partial charge in [-0.05, 0) is 67.4 Å². The zero-order valence-corrected chi connectivity index (χ0v) is 13.4. The molecule has 110 valence electrons. The van der Waals surface area contributed by atoms with Gasteiger partial charge in [-0.25, -0.2) is 0 Å². The number of benzene rings is 1. The van der Waals surface area contributed by atoms with Crippen LogP contribution in [0.25, 0.3) is 0 Å². The summed E-state index contributed by atoms with van der Waals surface area (Å²) in [5, 5.41) is 0.222. The predicted octanol–water partition coefficient (Wildman–Crippen LogP) is 6.14. The standard InChI is InChI=1S/C19H27Cl/c1-2-3-4-14-5-8-16(9-6-14)19(20)13-18-12-15-7-10-17(18)11-15/h5-6,8-9,15,17-19H,2-4,7,10-13H2,1H3. The van der Waals surface area contributed by atoms with Gasteiger partial charge in [-0.1, -0.05) is 44.0 Å². The highest BCUT2D eigenvalue weighted by Gasteiger charge is 2.39. The van der Waals surface area contributed by atoms with Crippen molar-refractivity contribution in [3.63, 3.8) is 0 Å². The van der Waals surface area contributed by atoms with Crippen molar-refractivity contribution < 1.29 is 0 Å². The van der Waals surface area contributed by atoms with Crippen LogP contribution in [0, 0.1) is 17.8 Å². The monoisotopic (exact) mass is 290 g/mol. The van der Waals surface area contributed by atoms with E-state index in [4.69, 9.17) is 11.6 Å². The van der Waals surface area contributed by atoms with Crippen molar-refractivity contribution in [2.24, 2.45) is 17.8 Å². The molecule has 0 saturated heterocycles. The molecule has 2 aliphatic rings. The number of unbranched alkanes of at least 4 members (excludes halogenated alkanes) is 1. The van der Waals surface area contributed by atoms with E-state index >= 15 is 0 Å². The molecular weight excluding hydrogens is 264 g/mol. The van der Waals surface area contributed by atoms with Gasteiger partial charge in [0.1, 0.15) is 0 Å². The van der Waals surface area contributed by atoms with Crippen LogP contribution in [-0.4, -0.2) is 0 Å². The summed E-state index contributed by atoms with van der Waals surface area (Å²) < 4.78 is 0. The third kappa shape index (κ3) is 3.22. The maximum atomic E-state index is 6.68. The molecule has 4 atom stereocenters. The van der Waals surface area contributed by atoms with E-state index in [2.05, 4.69) is 31.2 Å². The van der Waals surface area contributed by atoms with Gasteiger partial charge in [0.05, 0.1) is 5.38 Å². The molecule has 2 aliphatic carbocycles. The lowest BCUT2D eigenvalue weighted by molar-refractivity contribution is 0.312. The first kappa shape index (κ1) is 14.4. The first-order chi connectivity index (χ1) is 9.76. The topological polar surface area (TPSA) is 0 Å². The number of alkyl halides is 1. The van der Waals surface area contributed by atoms with Crippen LogP contribution in [0.15, 0.2) is 24.3 Å². The van der Waals surface area contributed by atoms with Crippen LogP contribution >= 0.6 is 11.6 Å². The summed E-state index contributed by atoms with van der Waals surface area (Å²) in [6.07, 6.45) is 10.8. The Morgan fingerprint density at radius 1 is 1.15 bits per heavy atom. The fourth-order valence-corrected chi connectivity index (χ4v) is 4.72. The molecule has 1 aromatic rings. The highest BCUT2D eigenvalue weighted by Crippen LogP contribution is 2.51. The number of hydrogen-bond donors (Lipinski definition) is 0. The molecule has 4 unspecified atom stereocenters. The first-order valence-corrected chi connectivity index (χ1v) is 8.92. The molecule has 20 heavy (non-hydrogen) atoms. The van der Waals surface area contributed by atoms with Crippen LogP contribution < -0.4 is 0 Å². The van der Waals surface area contributed by atoms with Gasteiger partial charge < -0.3 is 0 Å². The molecule has 0 spiro atoms. The van der Waals surface area contributed by atoms with E-state index in [0.717, 1.165) is 17.8 Å². The summed E-state index contributed by atoms with van der Waals surface area (Å²) in [6, 6.07) is 9.08. The molecule has 0 radical (unpaired) electrons. The Morgan fingerprint density at radius 3 is 2.55 bits per heavy atom. The van der Waals surface area contributed by atoms with Crippen molar-refractivity contribution in [3.05, 3.63) is 35.4 Å². The summed E-state index contributed by atoms with van der Waals surface area (Å²) in [5.41, 5.74) is 2.79. The van der Waals surface area contributed by atoms with Gasteiger partial charge in [-0.15, -0.1) is 11.6 Å². The summed E-state index contributed by atoms with van der Waals surface area (Å²) in [5.74, 6) is 2.92. The molecule has 0 aliphatic heterocycles. The third-order valence-corrected chi connectivity index (χ3v) is 5.98. The minimum atomic E-state index is 0.222. The van der Waals surface area contributed by atoms with Crippen LogP contribution in [0.1, 0.15) is 68.4 Å². The van der Waals surface area contributed by atoms with Gasteiger partial charge >= 0.3 is 0 Å². The molecule has 0 N–H and O–H groups in total. The van der Waals surface area contributed by atoms with E-state index in [1.54, 1.807) is 0 Å². The van der Waals surface area contributed by atoms with Crippen LogP contribution in [0.4, 0.5) is 0 Å². The summed E-state index contributed by atoms with van der Waals surface area (Å²) in [7, 11) is 0. The summed E-state index contributed by atoms with van der Waals surface area (Å²) >= 11 is 6.68. The molecule has 3 rings (SSSR count). The predicted molar refractivity (Wildman–Crippen MR) is 87.2 cm³/mol.